The molecule has 1 aliphatic rings. The van der Waals surface area contributed by atoms with Crippen molar-refractivity contribution in [3.8, 4) is 0 Å². The molecule has 1 amide bonds. The van der Waals surface area contributed by atoms with Crippen molar-refractivity contribution in [3.05, 3.63) is 42.0 Å². The Balaban J connectivity index is 0.000000869. The van der Waals surface area contributed by atoms with Crippen LogP contribution in [0.4, 0.5) is 13.2 Å². The van der Waals surface area contributed by atoms with Gasteiger partial charge in [-0.3, -0.25) is 4.79 Å². The molecule has 1 aliphatic heterocycles. The number of carboxylic acids is 2. The van der Waals surface area contributed by atoms with Gasteiger partial charge in [0.2, 0.25) is 15.9 Å². The highest BCUT2D eigenvalue weighted by atomic mass is 32.2. The van der Waals surface area contributed by atoms with Crippen molar-refractivity contribution in [1.82, 2.24) is 14.5 Å². The number of likely N-dealkylation sites (N-methyl/N-ethyl adjacent to an activating group) is 1. The number of nitrogens with one attached hydrogen (secondary N) is 1. The van der Waals surface area contributed by atoms with Gasteiger partial charge in [0, 0.05) is 37.3 Å². The van der Waals surface area contributed by atoms with Crippen molar-refractivity contribution in [2.24, 2.45) is 5.92 Å². The van der Waals surface area contributed by atoms with Crippen LogP contribution in [-0.2, 0) is 30.6 Å². The Bertz CT molecular complexity index is 1130. The maximum atomic E-state index is 13.3. The number of carboxylic acid groups (broad SMARTS) is 2. The van der Waals surface area contributed by atoms with E-state index in [0.29, 0.717) is 56.5 Å². The lowest BCUT2D eigenvalue weighted by Gasteiger charge is -2.40. The van der Waals surface area contributed by atoms with E-state index in [9.17, 15) is 36.0 Å². The fourth-order valence-electron chi connectivity index (χ4n) is 4.37. The first-order valence-corrected chi connectivity index (χ1v) is 14.2. The van der Waals surface area contributed by atoms with Crippen molar-refractivity contribution >= 4 is 27.9 Å². The number of amides is 1. The lowest BCUT2D eigenvalue weighted by Crippen LogP contribution is -2.54. The molecule has 0 bridgehead atoms. The van der Waals surface area contributed by atoms with E-state index in [4.69, 9.17) is 10.2 Å². The number of sulfonamides is 1. The summed E-state index contributed by atoms with van der Waals surface area (Å²) in [7, 11) is -2.39. The largest absolute Gasteiger partial charge is 0.478 e. The van der Waals surface area contributed by atoms with Crippen molar-refractivity contribution in [2.45, 2.75) is 76.2 Å². The molecule has 0 aromatic heterocycles. The Kier molecular flexibility index (Phi) is 13.3. The van der Waals surface area contributed by atoms with Crippen LogP contribution in [0.15, 0.2) is 41.3 Å². The summed E-state index contributed by atoms with van der Waals surface area (Å²) < 4.78 is 67.3. The molecule has 0 aliphatic carbocycles. The highest BCUT2D eigenvalue weighted by molar-refractivity contribution is 7.89. The maximum absolute atomic E-state index is 13.3. The Hall–Kier alpha value is -2.97. The van der Waals surface area contributed by atoms with E-state index >= 15 is 0 Å². The van der Waals surface area contributed by atoms with Gasteiger partial charge in [0.1, 0.15) is 0 Å². The van der Waals surface area contributed by atoms with E-state index in [1.54, 1.807) is 25.8 Å². The molecule has 10 nitrogen and oxygen atoms in total. The first kappa shape index (κ1) is 35.1. The van der Waals surface area contributed by atoms with Crippen LogP contribution < -0.4 is 5.32 Å². The summed E-state index contributed by atoms with van der Waals surface area (Å²) >= 11 is 0. The van der Waals surface area contributed by atoms with E-state index in [1.807, 2.05) is 13.8 Å². The van der Waals surface area contributed by atoms with Gasteiger partial charge < -0.3 is 20.4 Å². The van der Waals surface area contributed by atoms with E-state index in [0.717, 1.165) is 12.1 Å². The van der Waals surface area contributed by atoms with Crippen LogP contribution in [0.2, 0.25) is 0 Å². The zero-order chi connectivity index (χ0) is 30.8. The lowest BCUT2D eigenvalue weighted by molar-refractivity contribution is -0.138. The topological polar surface area (TPSA) is 144 Å². The number of halogens is 3. The highest BCUT2D eigenvalue weighted by Crippen LogP contribution is 2.33. The molecule has 1 heterocycles. The van der Waals surface area contributed by atoms with E-state index in [2.05, 4.69) is 5.32 Å². The number of nitrogens with zero attached hydrogens (tertiary/aromatic N) is 2. The Labute approximate surface area is 232 Å². The van der Waals surface area contributed by atoms with Crippen LogP contribution in [-0.4, -0.2) is 83.9 Å². The first-order valence-electron chi connectivity index (χ1n) is 12.7. The molecule has 2 rings (SSSR count). The lowest BCUT2D eigenvalue weighted by atomic mass is 9.99. The fourth-order valence-corrected chi connectivity index (χ4v) is 6.30. The number of carbonyl (C=O) groups excluding carboxylic acids is 1. The van der Waals surface area contributed by atoms with Crippen LogP contribution in [0, 0.1) is 5.92 Å². The Morgan fingerprint density at radius 3 is 2.00 bits per heavy atom. The predicted molar refractivity (Wildman–Crippen MR) is 142 cm³/mol. The molecule has 0 unspecified atom stereocenters. The Morgan fingerprint density at radius 2 is 1.60 bits per heavy atom. The van der Waals surface area contributed by atoms with Crippen molar-refractivity contribution < 1.29 is 46.2 Å². The number of benzene rings is 1. The predicted octanol–water partition coefficient (Wildman–Crippen LogP) is 3.44. The normalized spacial score (nSPS) is 15.8. The molecule has 0 spiro atoms. The molecule has 0 saturated carbocycles. The second-order valence-electron chi connectivity index (χ2n) is 9.99. The van der Waals surface area contributed by atoms with Crippen LogP contribution in [0.5, 0.6) is 0 Å². The molecule has 1 aromatic carbocycles. The number of alkyl halides is 3. The number of hydrogen-bond acceptors (Lipinski definition) is 6. The van der Waals surface area contributed by atoms with Crippen molar-refractivity contribution in [2.75, 3.05) is 20.1 Å². The standard InChI is InChI=1S/C22H34F3N3O3S.C4H4O4/c1-15(2)13-20(26-5)21(29)27-11-9-18(10-12-27)28(16(3)4)32(30,31)19-8-6-7-17(14-19)22(23,24)25;5-3(6)1-2-4(7)8/h6-8,14-16,18,20,26H,9-13H2,1-5H3;1-2H,(H,5,6)(H,7,8)/t20-;/m0./s1. The smallest absolute Gasteiger partial charge is 0.416 e. The third-order valence-corrected chi connectivity index (χ3v) is 8.23. The second kappa shape index (κ2) is 15.1. The molecule has 1 saturated heterocycles. The van der Waals surface area contributed by atoms with Gasteiger partial charge in [-0.05, 0) is 64.3 Å². The van der Waals surface area contributed by atoms with Gasteiger partial charge in [0.15, 0.2) is 0 Å². The van der Waals surface area contributed by atoms with Crippen molar-refractivity contribution in [1.29, 1.82) is 0 Å². The summed E-state index contributed by atoms with van der Waals surface area (Å²) in [5, 5.41) is 18.7. The van der Waals surface area contributed by atoms with Gasteiger partial charge in [-0.15, -0.1) is 0 Å². The first-order chi connectivity index (χ1) is 18.4. The quantitative estimate of drug-likeness (QED) is 0.350. The molecular formula is C26H38F3N3O7S. The van der Waals surface area contributed by atoms with Crippen LogP contribution in [0.25, 0.3) is 0 Å². The molecule has 40 heavy (non-hydrogen) atoms. The Morgan fingerprint density at radius 1 is 1.07 bits per heavy atom. The van der Waals surface area contributed by atoms with E-state index in [1.165, 1.54) is 10.4 Å². The van der Waals surface area contributed by atoms with Crippen LogP contribution in [0.3, 0.4) is 0 Å². The van der Waals surface area contributed by atoms with Crippen molar-refractivity contribution in [3.63, 3.8) is 0 Å². The molecule has 3 N–H and O–H groups in total. The molecule has 0 radical (unpaired) electrons. The van der Waals surface area contributed by atoms with Gasteiger partial charge in [-0.25, -0.2) is 18.0 Å². The maximum Gasteiger partial charge on any atom is 0.416 e. The number of likely N-dealkylation sites (tertiary alicyclic amines) is 1. The van der Waals surface area contributed by atoms with Gasteiger partial charge in [0.05, 0.1) is 16.5 Å². The number of piperidine rings is 1. The third-order valence-electron chi connectivity index (χ3n) is 6.10. The SMILES string of the molecule is CN[C@@H](CC(C)C)C(=O)N1CCC(N(C(C)C)S(=O)(=O)c2cccc(C(F)(F)F)c2)CC1.O=C(O)C=CC(=O)O. The summed E-state index contributed by atoms with van der Waals surface area (Å²) in [5.74, 6) is -2.17. The summed E-state index contributed by atoms with van der Waals surface area (Å²) in [6.45, 7) is 8.32. The van der Waals surface area contributed by atoms with Gasteiger partial charge in [-0.1, -0.05) is 19.9 Å². The number of rotatable bonds is 10. The second-order valence-corrected chi connectivity index (χ2v) is 11.8. The summed E-state index contributed by atoms with van der Waals surface area (Å²) in [4.78, 5) is 33.3. The molecular weight excluding hydrogens is 555 g/mol. The minimum Gasteiger partial charge on any atom is -0.478 e. The van der Waals surface area contributed by atoms with Crippen LogP contribution in [0.1, 0.15) is 52.5 Å². The summed E-state index contributed by atoms with van der Waals surface area (Å²) in [5.41, 5.74) is -0.994. The molecule has 1 aromatic rings. The number of aliphatic carboxylic acids is 2. The van der Waals surface area contributed by atoms with Gasteiger partial charge in [0.25, 0.3) is 0 Å². The van der Waals surface area contributed by atoms with Crippen LogP contribution >= 0.6 is 0 Å². The third kappa shape index (κ3) is 10.5. The molecule has 14 heteroatoms. The zero-order valence-corrected chi connectivity index (χ0v) is 24.0. The van der Waals surface area contributed by atoms with Gasteiger partial charge in [-0.2, -0.15) is 17.5 Å². The highest BCUT2D eigenvalue weighted by Gasteiger charge is 2.38. The minimum atomic E-state index is -4.63. The average molecular weight is 594 g/mol. The summed E-state index contributed by atoms with van der Waals surface area (Å²) in [6.07, 6.45) is -1.94. The van der Waals surface area contributed by atoms with E-state index < -0.39 is 45.8 Å². The molecule has 1 fully saturated rings. The minimum absolute atomic E-state index is 0.00326. The van der Waals surface area contributed by atoms with E-state index in [-0.39, 0.29) is 16.8 Å². The van der Waals surface area contributed by atoms with Gasteiger partial charge >= 0.3 is 18.1 Å². The number of carbonyl (C=O) groups is 3. The molecule has 226 valence electrons. The average Bonchev–Trinajstić information content (AvgIpc) is 2.85. The number of hydrogen-bond donors (Lipinski definition) is 3. The fraction of sp³-hybridized carbons (Fsp3) is 0.577. The molecule has 1 atom stereocenters. The zero-order valence-electron chi connectivity index (χ0n) is 23.2. The monoisotopic (exact) mass is 593 g/mol. The summed E-state index contributed by atoms with van der Waals surface area (Å²) in [6, 6.07) is 2.74.